The van der Waals surface area contributed by atoms with Gasteiger partial charge in [-0.05, 0) is 23.8 Å². The number of pyridine rings is 1. The standard InChI is InChI=1S/C15H8F3N3O5/c16-15(17,18)14-10(2-1-3-20(14)24)9(7-19)4-8-5-11(21(25)26)13(23)12(22)6-8/h1-6,22-23H/b9-4+. The van der Waals surface area contributed by atoms with E-state index in [0.717, 1.165) is 30.3 Å². The molecule has 0 saturated heterocycles. The number of phenolic OH excluding ortho intramolecular Hbond substituents is 2. The van der Waals surface area contributed by atoms with Gasteiger partial charge in [0.05, 0.1) is 16.1 Å². The molecule has 2 aromatic rings. The molecule has 1 heterocycles. The van der Waals surface area contributed by atoms with Crippen LogP contribution < -0.4 is 4.73 Å². The highest BCUT2D eigenvalue weighted by molar-refractivity contribution is 5.91. The molecule has 0 radical (unpaired) electrons. The first-order chi connectivity index (χ1) is 12.1. The van der Waals surface area contributed by atoms with Gasteiger partial charge in [0.25, 0.3) is 0 Å². The Labute approximate surface area is 143 Å². The van der Waals surface area contributed by atoms with Crippen LogP contribution in [0.15, 0.2) is 30.5 Å². The highest BCUT2D eigenvalue weighted by atomic mass is 19.4. The smallest absolute Gasteiger partial charge is 0.479 e. The van der Waals surface area contributed by atoms with Crippen LogP contribution in [0.5, 0.6) is 11.5 Å². The number of halogens is 3. The lowest BCUT2D eigenvalue weighted by atomic mass is 10.0. The minimum absolute atomic E-state index is 0.224. The van der Waals surface area contributed by atoms with Gasteiger partial charge in [0.1, 0.15) is 6.07 Å². The van der Waals surface area contributed by atoms with Crippen LogP contribution >= 0.6 is 0 Å². The largest absolute Gasteiger partial charge is 0.618 e. The van der Waals surface area contributed by atoms with E-state index in [2.05, 4.69) is 0 Å². The zero-order valence-corrected chi connectivity index (χ0v) is 12.6. The first kappa shape index (κ1) is 18.5. The number of nitro groups is 1. The predicted molar refractivity (Wildman–Crippen MR) is 80.3 cm³/mol. The number of hydrogen-bond acceptors (Lipinski definition) is 6. The number of benzene rings is 1. The van der Waals surface area contributed by atoms with E-state index in [1.54, 1.807) is 0 Å². The normalized spacial score (nSPS) is 11.8. The number of nitrogens with zero attached hydrogens (tertiary/aromatic N) is 3. The summed E-state index contributed by atoms with van der Waals surface area (Å²) in [5, 5.41) is 50.4. The lowest BCUT2D eigenvalue weighted by molar-refractivity contribution is -0.629. The molecule has 1 aromatic heterocycles. The number of aromatic nitrogens is 1. The molecule has 0 aliphatic heterocycles. The third kappa shape index (κ3) is 3.48. The monoisotopic (exact) mass is 367 g/mol. The Hall–Kier alpha value is -3.81. The van der Waals surface area contributed by atoms with Crippen molar-refractivity contribution in [1.82, 2.24) is 0 Å². The van der Waals surface area contributed by atoms with Gasteiger partial charge in [0.2, 0.25) is 5.75 Å². The molecule has 0 aliphatic carbocycles. The van der Waals surface area contributed by atoms with Gasteiger partial charge in [0.15, 0.2) is 11.9 Å². The Kier molecular flexibility index (Phi) is 4.70. The van der Waals surface area contributed by atoms with Crippen LogP contribution in [0.4, 0.5) is 18.9 Å². The summed E-state index contributed by atoms with van der Waals surface area (Å²) in [6, 6.07) is 4.95. The van der Waals surface area contributed by atoms with E-state index >= 15 is 0 Å². The summed E-state index contributed by atoms with van der Waals surface area (Å²) in [6.07, 6.45) is -3.63. The fourth-order valence-electron chi connectivity index (χ4n) is 2.17. The van der Waals surface area contributed by atoms with Crippen molar-refractivity contribution in [3.63, 3.8) is 0 Å². The molecule has 0 fully saturated rings. The minimum atomic E-state index is -5.06. The van der Waals surface area contributed by atoms with E-state index in [-0.39, 0.29) is 5.56 Å². The summed E-state index contributed by atoms with van der Waals surface area (Å²) < 4.78 is 38.9. The third-order valence-corrected chi connectivity index (χ3v) is 3.24. The van der Waals surface area contributed by atoms with Gasteiger partial charge in [-0.25, -0.2) is 0 Å². The Bertz CT molecular complexity index is 964. The number of rotatable bonds is 3. The molecule has 2 rings (SSSR count). The molecule has 8 nitrogen and oxygen atoms in total. The zero-order chi connectivity index (χ0) is 19.6. The highest BCUT2D eigenvalue weighted by Crippen LogP contribution is 2.38. The van der Waals surface area contributed by atoms with E-state index < -0.39 is 49.8 Å². The van der Waals surface area contributed by atoms with Gasteiger partial charge in [0, 0.05) is 12.1 Å². The Morgan fingerprint density at radius 1 is 1.35 bits per heavy atom. The molecular formula is C15H8F3N3O5. The van der Waals surface area contributed by atoms with Gasteiger partial charge < -0.3 is 15.4 Å². The van der Waals surface area contributed by atoms with Gasteiger partial charge in [-0.2, -0.15) is 23.2 Å². The number of aromatic hydroxyl groups is 2. The first-order valence-corrected chi connectivity index (χ1v) is 6.68. The van der Waals surface area contributed by atoms with Crippen LogP contribution in [0.1, 0.15) is 16.8 Å². The Morgan fingerprint density at radius 2 is 2.00 bits per heavy atom. The predicted octanol–water partition coefficient (Wildman–Crippen LogP) is 2.72. The maximum atomic E-state index is 13.1. The average Bonchev–Trinajstić information content (AvgIpc) is 2.53. The fraction of sp³-hybridized carbons (Fsp3) is 0.0667. The second kappa shape index (κ2) is 6.60. The molecule has 0 aliphatic rings. The highest BCUT2D eigenvalue weighted by Gasteiger charge is 2.43. The van der Waals surface area contributed by atoms with E-state index in [1.807, 2.05) is 0 Å². The lowest BCUT2D eigenvalue weighted by Crippen LogP contribution is -2.37. The molecular weight excluding hydrogens is 359 g/mol. The summed E-state index contributed by atoms with van der Waals surface area (Å²) in [6.45, 7) is 0. The third-order valence-electron chi connectivity index (χ3n) is 3.24. The van der Waals surface area contributed by atoms with Gasteiger partial charge in [-0.1, -0.05) is 0 Å². The van der Waals surface area contributed by atoms with E-state index in [1.165, 1.54) is 6.07 Å². The SMILES string of the molecule is N#C/C(=C\c1cc(O)c(O)c([N+](=O)[O-])c1)c1ccc[n+]([O-])c1C(F)(F)F. The van der Waals surface area contributed by atoms with Crippen molar-refractivity contribution < 1.29 is 33.0 Å². The summed E-state index contributed by atoms with van der Waals surface area (Å²) >= 11 is 0. The van der Waals surface area contributed by atoms with Crippen molar-refractivity contribution in [2.75, 3.05) is 0 Å². The lowest BCUT2D eigenvalue weighted by Gasteiger charge is -2.11. The van der Waals surface area contributed by atoms with Gasteiger partial charge in [-0.15, -0.1) is 0 Å². The molecule has 0 amide bonds. The molecule has 0 saturated carbocycles. The molecule has 0 unspecified atom stereocenters. The Balaban J connectivity index is 2.71. The number of hydrogen-bond donors (Lipinski definition) is 2. The maximum Gasteiger partial charge on any atom is 0.479 e. The van der Waals surface area contributed by atoms with Crippen LogP contribution in [0.3, 0.4) is 0 Å². The molecule has 1 aromatic carbocycles. The minimum Gasteiger partial charge on any atom is -0.618 e. The van der Waals surface area contributed by atoms with Crippen LogP contribution in [0.2, 0.25) is 0 Å². The molecule has 26 heavy (non-hydrogen) atoms. The van der Waals surface area contributed by atoms with Crippen molar-refractivity contribution in [2.45, 2.75) is 6.18 Å². The van der Waals surface area contributed by atoms with Gasteiger partial charge in [-0.3, -0.25) is 10.1 Å². The van der Waals surface area contributed by atoms with Crippen molar-refractivity contribution in [3.8, 4) is 17.6 Å². The number of allylic oxidation sites excluding steroid dienone is 1. The van der Waals surface area contributed by atoms with Crippen molar-refractivity contribution in [1.29, 1.82) is 5.26 Å². The van der Waals surface area contributed by atoms with Crippen molar-refractivity contribution in [2.24, 2.45) is 0 Å². The van der Waals surface area contributed by atoms with Crippen LogP contribution in [-0.4, -0.2) is 15.1 Å². The fourth-order valence-corrected chi connectivity index (χ4v) is 2.17. The van der Waals surface area contributed by atoms with Gasteiger partial charge >= 0.3 is 17.6 Å². The maximum absolute atomic E-state index is 13.1. The zero-order valence-electron chi connectivity index (χ0n) is 12.6. The summed E-state index contributed by atoms with van der Waals surface area (Å²) in [5.41, 5.74) is -4.13. The molecule has 134 valence electrons. The number of phenols is 2. The van der Waals surface area contributed by atoms with Crippen molar-refractivity contribution >= 4 is 17.3 Å². The second-order valence-corrected chi connectivity index (χ2v) is 4.93. The number of alkyl halides is 3. The topological polar surface area (TPSA) is 134 Å². The number of nitro benzene ring substituents is 1. The van der Waals surface area contributed by atoms with E-state index in [4.69, 9.17) is 0 Å². The molecule has 0 bridgehead atoms. The summed E-state index contributed by atoms with van der Waals surface area (Å²) in [4.78, 5) is 9.82. The Morgan fingerprint density at radius 3 is 2.54 bits per heavy atom. The quantitative estimate of drug-likeness (QED) is 0.214. The first-order valence-electron chi connectivity index (χ1n) is 6.68. The van der Waals surface area contributed by atoms with Crippen LogP contribution in [0, 0.1) is 26.7 Å². The summed E-state index contributed by atoms with van der Waals surface area (Å²) in [5.74, 6) is -1.93. The molecule has 0 atom stereocenters. The van der Waals surface area contributed by atoms with E-state index in [9.17, 15) is 44.0 Å². The molecule has 2 N–H and O–H groups in total. The number of nitriles is 1. The van der Waals surface area contributed by atoms with E-state index in [0.29, 0.717) is 6.20 Å². The average molecular weight is 367 g/mol. The summed E-state index contributed by atoms with van der Waals surface area (Å²) in [7, 11) is 0. The molecule has 0 spiro atoms. The van der Waals surface area contributed by atoms with Crippen molar-refractivity contribution in [3.05, 3.63) is 62.6 Å². The second-order valence-electron chi connectivity index (χ2n) is 4.93. The van der Waals surface area contributed by atoms with Crippen LogP contribution in [0.25, 0.3) is 11.6 Å². The molecule has 11 heteroatoms. The van der Waals surface area contributed by atoms with Crippen LogP contribution in [-0.2, 0) is 6.18 Å².